The number of aromatic nitrogens is 2. The van der Waals surface area contributed by atoms with Crippen LogP contribution in [0.15, 0.2) is 156 Å². The van der Waals surface area contributed by atoms with Crippen LogP contribution in [0.3, 0.4) is 0 Å². The third-order valence-corrected chi connectivity index (χ3v) is 9.84. The van der Waals surface area contributed by atoms with Crippen LogP contribution < -0.4 is 16.0 Å². The van der Waals surface area contributed by atoms with E-state index in [9.17, 15) is 4.79 Å². The van der Waals surface area contributed by atoms with E-state index in [1.165, 1.54) is 0 Å². The van der Waals surface area contributed by atoms with Crippen molar-refractivity contribution in [3.63, 3.8) is 0 Å². The molecule has 3 aliphatic rings. The molecule has 234 valence electrons. The van der Waals surface area contributed by atoms with Crippen molar-refractivity contribution in [3.8, 4) is 22.3 Å². The summed E-state index contributed by atoms with van der Waals surface area (Å²) in [7, 11) is 0. The topological polar surface area (TPSA) is 62.0 Å². The Balaban J connectivity index is 1.52. The molecule has 3 aromatic heterocycles. The predicted octanol–water partition coefficient (Wildman–Crippen LogP) is 7.65. The Labute approximate surface area is 287 Å². The monoisotopic (exact) mass is 640 g/mol. The first-order valence-electron chi connectivity index (χ1n) is 16.7. The SMILES string of the molecule is O=Cc1c2c(-c3ccccc3)c3ccc4n3c3c(c(-c5ccccc5)c1N=C2)N=C(C=3)C(c1ccccc1)=c1ccc([nH]1)=C4c1ccccc1. The first-order valence-corrected chi connectivity index (χ1v) is 16.7. The van der Waals surface area contributed by atoms with Crippen molar-refractivity contribution in [2.75, 3.05) is 0 Å². The summed E-state index contributed by atoms with van der Waals surface area (Å²) in [5.41, 5.74) is 13.4. The molecule has 5 heteroatoms. The highest BCUT2D eigenvalue weighted by Crippen LogP contribution is 2.44. The van der Waals surface area contributed by atoms with Gasteiger partial charge in [-0.15, -0.1) is 0 Å². The lowest BCUT2D eigenvalue weighted by Gasteiger charge is -2.12. The number of H-pyrrole nitrogens is 1. The summed E-state index contributed by atoms with van der Waals surface area (Å²) in [5, 5.41) is 2.90. The van der Waals surface area contributed by atoms with E-state index in [2.05, 4.69) is 113 Å². The van der Waals surface area contributed by atoms with E-state index in [1.807, 2.05) is 54.7 Å². The minimum Gasteiger partial charge on any atom is -0.354 e. The maximum atomic E-state index is 13.3. The number of hydrogen-bond donors (Lipinski definition) is 1. The normalized spacial score (nSPS) is 13.4. The summed E-state index contributed by atoms with van der Waals surface area (Å²) in [5.74, 6) is 0. The van der Waals surface area contributed by atoms with Gasteiger partial charge < -0.3 is 9.38 Å². The van der Waals surface area contributed by atoms with E-state index in [1.54, 1.807) is 0 Å². The van der Waals surface area contributed by atoms with Gasteiger partial charge in [-0.05, 0) is 52.6 Å². The van der Waals surface area contributed by atoms with Gasteiger partial charge in [0, 0.05) is 44.7 Å². The molecule has 0 spiro atoms. The Hall–Kier alpha value is -6.85. The molecule has 6 heterocycles. The number of fused-ring (bicyclic) bond motifs is 5. The molecule has 0 aliphatic carbocycles. The molecule has 0 radical (unpaired) electrons. The van der Waals surface area contributed by atoms with Gasteiger partial charge in [-0.25, -0.2) is 4.99 Å². The van der Waals surface area contributed by atoms with Crippen molar-refractivity contribution in [1.29, 1.82) is 0 Å². The summed E-state index contributed by atoms with van der Waals surface area (Å²) in [6, 6.07) is 50.2. The zero-order valence-corrected chi connectivity index (χ0v) is 26.8. The maximum absolute atomic E-state index is 13.3. The van der Waals surface area contributed by atoms with E-state index in [0.717, 1.165) is 95.0 Å². The molecule has 50 heavy (non-hydrogen) atoms. The summed E-state index contributed by atoms with van der Waals surface area (Å²) >= 11 is 0. The average Bonchev–Trinajstić information content (AvgIpc) is 3.99. The highest BCUT2D eigenvalue weighted by Gasteiger charge is 2.28. The fourth-order valence-corrected chi connectivity index (χ4v) is 7.71. The van der Waals surface area contributed by atoms with Crippen molar-refractivity contribution >= 4 is 52.3 Å². The Morgan fingerprint density at radius 1 is 0.560 bits per heavy atom. The zero-order valence-electron chi connectivity index (χ0n) is 26.8. The average molecular weight is 641 g/mol. The standard InChI is InChI=1S/C45H28N4O/c50-27-33-32-26-46-44(33)43(31-19-11-4-12-20-31)45-39-25-36(48-45)41(29-15-7-2-8-16-29)34-21-22-35(47-34)42(30-17-9-3-10-18-30)38-24-23-37(49(38)39)40(32)28-13-5-1-6-14-28/h1-27,47H. The van der Waals surface area contributed by atoms with Crippen LogP contribution in [0.25, 0.3) is 45.0 Å². The first-order chi connectivity index (χ1) is 24.8. The van der Waals surface area contributed by atoms with Gasteiger partial charge in [0.15, 0.2) is 6.29 Å². The molecule has 7 aromatic rings. The molecule has 3 aliphatic heterocycles. The molecule has 0 fully saturated rings. The first kappa shape index (κ1) is 28.2. The van der Waals surface area contributed by atoms with Crippen LogP contribution in [-0.4, -0.2) is 27.6 Å². The van der Waals surface area contributed by atoms with E-state index in [0.29, 0.717) is 11.3 Å². The van der Waals surface area contributed by atoms with E-state index >= 15 is 0 Å². The van der Waals surface area contributed by atoms with Gasteiger partial charge in [0.05, 0.1) is 39.2 Å². The van der Waals surface area contributed by atoms with Gasteiger partial charge in [0.1, 0.15) is 0 Å². The zero-order chi connectivity index (χ0) is 33.2. The van der Waals surface area contributed by atoms with Crippen LogP contribution in [0.4, 0.5) is 11.4 Å². The number of hydrogen-bond acceptors (Lipinski definition) is 3. The van der Waals surface area contributed by atoms with Gasteiger partial charge in [0.25, 0.3) is 0 Å². The summed E-state index contributed by atoms with van der Waals surface area (Å²) in [6.45, 7) is 0. The molecule has 6 bridgehead atoms. The molecule has 0 atom stereocenters. The largest absolute Gasteiger partial charge is 0.354 e. The molecule has 0 saturated carbocycles. The lowest BCUT2D eigenvalue weighted by atomic mass is 9.96. The minimum absolute atomic E-state index is 0.549. The van der Waals surface area contributed by atoms with Gasteiger partial charge in [0.2, 0.25) is 0 Å². The predicted molar refractivity (Wildman–Crippen MR) is 202 cm³/mol. The molecular formula is C45H28N4O. The fraction of sp³-hybridized carbons (Fsp3) is 0. The number of rotatable bonds is 5. The third kappa shape index (κ3) is 4.17. The fourth-order valence-electron chi connectivity index (χ4n) is 7.71. The van der Waals surface area contributed by atoms with Crippen LogP contribution in [-0.2, 0) is 0 Å². The van der Waals surface area contributed by atoms with Crippen molar-refractivity contribution in [2.24, 2.45) is 9.98 Å². The number of aromatic amines is 1. The maximum Gasteiger partial charge on any atom is 0.152 e. The van der Waals surface area contributed by atoms with Crippen molar-refractivity contribution in [3.05, 3.63) is 190 Å². The number of aldehydes is 1. The smallest absolute Gasteiger partial charge is 0.152 e. The lowest BCUT2D eigenvalue weighted by molar-refractivity contribution is 0.112. The Morgan fingerprint density at radius 3 is 1.74 bits per heavy atom. The van der Waals surface area contributed by atoms with Gasteiger partial charge in [-0.1, -0.05) is 121 Å². The molecule has 5 nitrogen and oxygen atoms in total. The second kappa shape index (κ2) is 11.1. The van der Waals surface area contributed by atoms with Crippen molar-refractivity contribution in [1.82, 2.24) is 9.38 Å². The van der Waals surface area contributed by atoms with Gasteiger partial charge in [-0.3, -0.25) is 9.79 Å². The molecule has 10 rings (SSSR count). The Morgan fingerprint density at radius 2 is 1.12 bits per heavy atom. The summed E-state index contributed by atoms with van der Waals surface area (Å²) < 4.78 is 2.35. The summed E-state index contributed by atoms with van der Waals surface area (Å²) in [4.78, 5) is 27.7. The van der Waals surface area contributed by atoms with Crippen LogP contribution in [0, 0.1) is 0 Å². The highest BCUT2D eigenvalue weighted by molar-refractivity contribution is 6.39. The molecule has 4 aromatic carbocycles. The highest BCUT2D eigenvalue weighted by atomic mass is 16.1. The van der Waals surface area contributed by atoms with Crippen LogP contribution in [0.1, 0.15) is 32.7 Å². The van der Waals surface area contributed by atoms with Crippen LogP contribution in [0.5, 0.6) is 0 Å². The number of aliphatic imine (C=N–C) groups is 2. The Bertz CT molecular complexity index is 2840. The molecule has 0 saturated heterocycles. The number of benzene rings is 4. The van der Waals surface area contributed by atoms with E-state index in [4.69, 9.17) is 9.98 Å². The van der Waals surface area contributed by atoms with Crippen LogP contribution >= 0.6 is 0 Å². The van der Waals surface area contributed by atoms with Gasteiger partial charge in [-0.2, -0.15) is 0 Å². The molecule has 1 N–H and O–H groups in total. The molecule has 0 unspecified atom stereocenters. The van der Waals surface area contributed by atoms with Crippen LogP contribution in [0.2, 0.25) is 0 Å². The lowest BCUT2D eigenvalue weighted by Crippen LogP contribution is -2.23. The number of nitrogens with zero attached hydrogens (tertiary/aromatic N) is 3. The van der Waals surface area contributed by atoms with Gasteiger partial charge >= 0.3 is 0 Å². The second-order valence-corrected chi connectivity index (χ2v) is 12.6. The van der Waals surface area contributed by atoms with E-state index in [-0.39, 0.29) is 0 Å². The molecular weight excluding hydrogens is 613 g/mol. The van der Waals surface area contributed by atoms with E-state index < -0.39 is 0 Å². The summed E-state index contributed by atoms with van der Waals surface area (Å²) in [6.07, 6.45) is 5.02. The second-order valence-electron chi connectivity index (χ2n) is 12.6. The quantitative estimate of drug-likeness (QED) is 0.193. The number of nitrogens with one attached hydrogen (secondary N) is 1. The Kier molecular flexibility index (Phi) is 6.26. The number of carbonyl (C=O) groups excluding carboxylic acids is 1. The van der Waals surface area contributed by atoms with Crippen molar-refractivity contribution < 1.29 is 4.79 Å². The minimum atomic E-state index is 0.549. The third-order valence-electron chi connectivity index (χ3n) is 9.84. The van der Waals surface area contributed by atoms with Crippen molar-refractivity contribution in [2.45, 2.75) is 0 Å². The molecule has 0 amide bonds. The number of carbonyl (C=O) groups is 1.